The zero-order chi connectivity index (χ0) is 10.7. The summed E-state index contributed by atoms with van der Waals surface area (Å²) in [4.78, 5) is 2.51. The molecule has 0 radical (unpaired) electrons. The summed E-state index contributed by atoms with van der Waals surface area (Å²) in [5.74, 6) is 0.848. The molecule has 1 saturated heterocycles. The summed E-state index contributed by atoms with van der Waals surface area (Å²) in [5.41, 5.74) is 0. The monoisotopic (exact) mass is 212 g/mol. The van der Waals surface area contributed by atoms with E-state index in [1.165, 1.54) is 32.2 Å². The molecule has 2 rings (SSSR count). The van der Waals surface area contributed by atoms with Gasteiger partial charge in [-0.05, 0) is 39.3 Å². The maximum Gasteiger partial charge on any atom is 0.0622 e. The summed E-state index contributed by atoms with van der Waals surface area (Å²) < 4.78 is 5.44. The summed E-state index contributed by atoms with van der Waals surface area (Å²) >= 11 is 0. The molecule has 3 nitrogen and oxygen atoms in total. The molecule has 88 valence electrons. The minimum atomic E-state index is 0.670. The van der Waals surface area contributed by atoms with Crippen LogP contribution in [0, 0.1) is 5.92 Å². The maximum absolute atomic E-state index is 5.44. The first-order chi connectivity index (χ1) is 7.31. The van der Waals surface area contributed by atoms with E-state index in [0.29, 0.717) is 6.04 Å². The fourth-order valence-corrected chi connectivity index (χ4v) is 3.02. The second kappa shape index (κ2) is 5.28. The van der Waals surface area contributed by atoms with E-state index in [1.807, 2.05) is 0 Å². The van der Waals surface area contributed by atoms with Crippen molar-refractivity contribution in [1.82, 2.24) is 10.2 Å². The third-order valence-corrected chi connectivity index (χ3v) is 4.08. The molecule has 0 aromatic rings. The number of likely N-dealkylation sites (N-methyl/N-ethyl adjacent to an activating group) is 1. The second-order valence-electron chi connectivity index (χ2n) is 5.04. The van der Waals surface area contributed by atoms with Crippen molar-refractivity contribution in [3.63, 3.8) is 0 Å². The lowest BCUT2D eigenvalue weighted by atomic mass is 10.0. The number of hydrogen-bond acceptors (Lipinski definition) is 3. The highest BCUT2D eigenvalue weighted by atomic mass is 16.5. The Morgan fingerprint density at radius 3 is 2.87 bits per heavy atom. The van der Waals surface area contributed by atoms with Gasteiger partial charge in [-0.3, -0.25) is 0 Å². The van der Waals surface area contributed by atoms with E-state index < -0.39 is 0 Å². The highest BCUT2D eigenvalue weighted by Gasteiger charge is 2.29. The summed E-state index contributed by atoms with van der Waals surface area (Å²) in [6, 6.07) is 1.41. The average molecular weight is 212 g/mol. The van der Waals surface area contributed by atoms with Crippen LogP contribution in [-0.4, -0.2) is 50.8 Å². The maximum atomic E-state index is 5.44. The Morgan fingerprint density at radius 1 is 1.33 bits per heavy atom. The van der Waals surface area contributed by atoms with E-state index in [9.17, 15) is 0 Å². The van der Waals surface area contributed by atoms with Gasteiger partial charge in [-0.15, -0.1) is 0 Å². The van der Waals surface area contributed by atoms with E-state index in [2.05, 4.69) is 24.3 Å². The Kier molecular flexibility index (Phi) is 4.00. The Balaban J connectivity index is 1.79. The van der Waals surface area contributed by atoms with E-state index in [1.54, 1.807) is 0 Å². The number of ether oxygens (including phenoxy) is 1. The van der Waals surface area contributed by atoms with Gasteiger partial charge in [0.15, 0.2) is 0 Å². The standard InChI is InChI=1S/C12H24N2O/c1-13-12-5-3-4-10(12)8-14(2)11-6-7-15-9-11/h10-13H,3-9H2,1-2H3. The van der Waals surface area contributed by atoms with E-state index >= 15 is 0 Å². The van der Waals surface area contributed by atoms with Crippen molar-refractivity contribution in [1.29, 1.82) is 0 Å². The molecular formula is C12H24N2O. The lowest BCUT2D eigenvalue weighted by Crippen LogP contribution is -2.41. The normalized spacial score (nSPS) is 36.6. The van der Waals surface area contributed by atoms with Crippen molar-refractivity contribution in [2.24, 2.45) is 5.92 Å². The van der Waals surface area contributed by atoms with Crippen LogP contribution >= 0.6 is 0 Å². The van der Waals surface area contributed by atoms with Gasteiger partial charge in [0.25, 0.3) is 0 Å². The molecule has 0 spiro atoms. The predicted octanol–water partition coefficient (Wildman–Crippen LogP) is 1.10. The van der Waals surface area contributed by atoms with Crippen molar-refractivity contribution in [2.45, 2.75) is 37.8 Å². The Bertz CT molecular complexity index is 192. The first-order valence-electron chi connectivity index (χ1n) is 6.26. The van der Waals surface area contributed by atoms with Gasteiger partial charge >= 0.3 is 0 Å². The van der Waals surface area contributed by atoms with Gasteiger partial charge in [-0.25, -0.2) is 0 Å². The molecule has 1 saturated carbocycles. The third-order valence-electron chi connectivity index (χ3n) is 4.08. The molecule has 2 aliphatic rings. The molecule has 3 atom stereocenters. The quantitative estimate of drug-likeness (QED) is 0.755. The van der Waals surface area contributed by atoms with Gasteiger partial charge in [0.05, 0.1) is 6.61 Å². The van der Waals surface area contributed by atoms with Gasteiger partial charge in [0.1, 0.15) is 0 Å². The Labute approximate surface area is 93.2 Å². The summed E-state index contributed by atoms with van der Waals surface area (Å²) in [6.45, 7) is 3.13. The molecule has 1 heterocycles. The molecule has 0 bridgehead atoms. The van der Waals surface area contributed by atoms with Crippen LogP contribution in [0.4, 0.5) is 0 Å². The molecule has 1 N–H and O–H groups in total. The zero-order valence-corrected chi connectivity index (χ0v) is 10.0. The van der Waals surface area contributed by atoms with Crippen LogP contribution in [0.1, 0.15) is 25.7 Å². The summed E-state index contributed by atoms with van der Waals surface area (Å²) in [5, 5.41) is 3.45. The topological polar surface area (TPSA) is 24.5 Å². The lowest BCUT2D eigenvalue weighted by Gasteiger charge is -2.28. The highest BCUT2D eigenvalue weighted by molar-refractivity contribution is 4.85. The van der Waals surface area contributed by atoms with E-state index in [0.717, 1.165) is 25.2 Å². The smallest absolute Gasteiger partial charge is 0.0622 e. The lowest BCUT2D eigenvalue weighted by molar-refractivity contribution is 0.145. The minimum Gasteiger partial charge on any atom is -0.380 e. The molecule has 0 amide bonds. The third kappa shape index (κ3) is 2.71. The van der Waals surface area contributed by atoms with Crippen molar-refractivity contribution in [3.8, 4) is 0 Å². The van der Waals surface area contributed by atoms with Crippen LogP contribution in [0.2, 0.25) is 0 Å². The van der Waals surface area contributed by atoms with Crippen LogP contribution in [-0.2, 0) is 4.74 Å². The average Bonchev–Trinajstić information content (AvgIpc) is 2.87. The van der Waals surface area contributed by atoms with Gasteiger partial charge in [0.2, 0.25) is 0 Å². The second-order valence-corrected chi connectivity index (χ2v) is 5.04. The molecule has 0 aromatic carbocycles. The zero-order valence-electron chi connectivity index (χ0n) is 10.0. The van der Waals surface area contributed by atoms with Crippen LogP contribution < -0.4 is 5.32 Å². The van der Waals surface area contributed by atoms with Crippen LogP contribution in [0.15, 0.2) is 0 Å². The van der Waals surface area contributed by atoms with Crippen LogP contribution in [0.3, 0.4) is 0 Å². The molecule has 3 heteroatoms. The molecule has 1 aliphatic heterocycles. The first kappa shape index (κ1) is 11.4. The van der Waals surface area contributed by atoms with E-state index in [-0.39, 0.29) is 0 Å². The molecule has 15 heavy (non-hydrogen) atoms. The molecular weight excluding hydrogens is 188 g/mol. The van der Waals surface area contributed by atoms with Crippen LogP contribution in [0.5, 0.6) is 0 Å². The number of nitrogens with one attached hydrogen (secondary N) is 1. The number of nitrogens with zero attached hydrogens (tertiary/aromatic N) is 1. The van der Waals surface area contributed by atoms with Gasteiger partial charge < -0.3 is 15.0 Å². The number of hydrogen-bond donors (Lipinski definition) is 1. The number of rotatable bonds is 4. The van der Waals surface area contributed by atoms with Crippen molar-refractivity contribution < 1.29 is 4.74 Å². The molecule has 1 aliphatic carbocycles. The minimum absolute atomic E-state index is 0.670. The summed E-state index contributed by atoms with van der Waals surface area (Å²) in [7, 11) is 4.35. The predicted molar refractivity (Wildman–Crippen MR) is 62.0 cm³/mol. The highest BCUT2D eigenvalue weighted by Crippen LogP contribution is 2.27. The molecule has 2 fully saturated rings. The fourth-order valence-electron chi connectivity index (χ4n) is 3.02. The largest absolute Gasteiger partial charge is 0.380 e. The Morgan fingerprint density at radius 2 is 2.20 bits per heavy atom. The molecule has 3 unspecified atom stereocenters. The van der Waals surface area contributed by atoms with Gasteiger partial charge in [-0.1, -0.05) is 6.42 Å². The Hall–Kier alpha value is -0.120. The SMILES string of the molecule is CNC1CCCC1CN(C)C1CCOC1. The van der Waals surface area contributed by atoms with Gasteiger partial charge in [-0.2, -0.15) is 0 Å². The molecule has 0 aromatic heterocycles. The van der Waals surface area contributed by atoms with E-state index in [4.69, 9.17) is 4.74 Å². The summed E-state index contributed by atoms with van der Waals surface area (Å²) in [6.07, 6.45) is 5.36. The van der Waals surface area contributed by atoms with Crippen LogP contribution in [0.25, 0.3) is 0 Å². The van der Waals surface area contributed by atoms with Crippen molar-refractivity contribution in [2.75, 3.05) is 33.9 Å². The van der Waals surface area contributed by atoms with Crippen molar-refractivity contribution >= 4 is 0 Å². The first-order valence-corrected chi connectivity index (χ1v) is 6.26. The van der Waals surface area contributed by atoms with Gasteiger partial charge in [0, 0.05) is 25.2 Å². The fraction of sp³-hybridized carbons (Fsp3) is 1.00. The van der Waals surface area contributed by atoms with Crippen molar-refractivity contribution in [3.05, 3.63) is 0 Å².